The van der Waals surface area contributed by atoms with Crippen molar-refractivity contribution >= 4 is 32.8 Å². The Balaban J connectivity index is 0.00000225. The van der Waals surface area contributed by atoms with Crippen molar-refractivity contribution in [1.29, 1.82) is 0 Å². The minimum Gasteiger partial charge on any atom is -1.00 e. The van der Waals surface area contributed by atoms with Gasteiger partial charge in [0.25, 0.3) is 5.56 Å². The molecular formula is C10H16LiN5O11P2. The Bertz CT molecular complexity index is 1040. The zero-order chi connectivity index (χ0) is 20.9. The zero-order valence-electron chi connectivity index (χ0n) is 15.6. The van der Waals surface area contributed by atoms with Crippen LogP contribution in [0.2, 0.25) is 0 Å². The van der Waals surface area contributed by atoms with Gasteiger partial charge in [-0.15, -0.1) is 0 Å². The van der Waals surface area contributed by atoms with Crippen molar-refractivity contribution in [3.63, 3.8) is 0 Å². The number of H-pyrrole nitrogens is 1. The molecule has 158 valence electrons. The van der Waals surface area contributed by atoms with Crippen LogP contribution in [0.5, 0.6) is 0 Å². The van der Waals surface area contributed by atoms with Gasteiger partial charge in [-0.25, -0.2) is 14.1 Å². The maximum Gasteiger partial charge on any atom is 1.00 e. The van der Waals surface area contributed by atoms with Gasteiger partial charge in [0.15, 0.2) is 17.4 Å². The maximum atomic E-state index is 11.8. The fourth-order valence-electron chi connectivity index (χ4n) is 2.67. The van der Waals surface area contributed by atoms with Gasteiger partial charge in [-0.2, -0.15) is 4.98 Å². The first kappa shape index (κ1) is 24.2. The van der Waals surface area contributed by atoms with Crippen LogP contribution in [-0.2, 0) is 22.9 Å². The molecule has 19 heteroatoms. The molecule has 2 aromatic rings. The minimum atomic E-state index is -5.13. The van der Waals surface area contributed by atoms with Crippen molar-refractivity contribution in [2.24, 2.45) is 0 Å². The number of imidazole rings is 1. The Morgan fingerprint density at radius 1 is 1.31 bits per heavy atom. The van der Waals surface area contributed by atoms with Crippen molar-refractivity contribution in [2.45, 2.75) is 24.5 Å². The van der Waals surface area contributed by atoms with Gasteiger partial charge >= 0.3 is 34.5 Å². The zero-order valence-corrected chi connectivity index (χ0v) is 16.4. The van der Waals surface area contributed by atoms with Crippen LogP contribution in [0.1, 0.15) is 7.65 Å². The number of phosphoric ester groups is 2. The number of aromatic nitrogens is 4. The molecule has 1 aliphatic heterocycles. The molecule has 4 atom stereocenters. The average Bonchev–Trinajstić information content (AvgIpc) is 3.06. The summed E-state index contributed by atoms with van der Waals surface area (Å²) in [5.74, 6) is -0.267. The van der Waals surface area contributed by atoms with Gasteiger partial charge in [-0.3, -0.25) is 23.4 Å². The molecule has 0 aliphatic carbocycles. The maximum absolute atomic E-state index is 11.8. The van der Waals surface area contributed by atoms with E-state index in [2.05, 4.69) is 24.0 Å². The number of aromatic amines is 1. The predicted molar refractivity (Wildman–Crippen MR) is 88.5 cm³/mol. The Morgan fingerprint density at radius 3 is 2.55 bits per heavy atom. The molecule has 3 rings (SSSR count). The molecule has 0 bridgehead atoms. The third-order valence-corrected chi connectivity index (χ3v) is 4.70. The van der Waals surface area contributed by atoms with Gasteiger partial charge in [-0.1, -0.05) is 0 Å². The molecule has 0 aromatic carbocycles. The second-order valence-corrected chi connectivity index (χ2v) is 8.11. The van der Waals surface area contributed by atoms with E-state index in [-0.39, 0.29) is 37.4 Å². The van der Waals surface area contributed by atoms with E-state index in [1.165, 1.54) is 0 Å². The molecule has 0 unspecified atom stereocenters. The summed E-state index contributed by atoms with van der Waals surface area (Å²) in [5, 5.41) is 10.4. The first-order chi connectivity index (χ1) is 12.9. The molecule has 0 saturated carbocycles. The van der Waals surface area contributed by atoms with Gasteiger partial charge in [-0.05, 0) is 0 Å². The van der Waals surface area contributed by atoms with E-state index in [1.54, 1.807) is 0 Å². The van der Waals surface area contributed by atoms with Crippen LogP contribution in [0.25, 0.3) is 11.2 Å². The number of nitrogens with zero attached hydrogens (tertiary/aromatic N) is 3. The standard InChI is InChI=1S/C10H15N5O11P2.Li.H/c11-10-13-7-4(8(17)14-10)12-2-15(7)9-5(16)6(26-28(21,22)23)3(25-9)1-24-27(18,19)20;;/h2-3,5-6,9,16H,1H2,(H2,18,19,20)(H2,21,22,23)(H3,11,13,14,17);;/q;+1;-1/t3-,5-,6-,9-;;/m1../s1. The summed E-state index contributed by atoms with van der Waals surface area (Å²) in [7, 11) is -10.1. The number of nitrogen functional groups attached to an aromatic ring is 1. The minimum absolute atomic E-state index is 0. The van der Waals surface area contributed by atoms with Crippen molar-refractivity contribution in [3.8, 4) is 0 Å². The first-order valence-corrected chi connectivity index (χ1v) is 10.4. The summed E-state index contributed by atoms with van der Waals surface area (Å²) in [4.78, 5) is 57.4. The number of aliphatic hydroxyl groups is 1. The molecule has 1 aliphatic rings. The normalized spacial score (nSPS) is 25.3. The van der Waals surface area contributed by atoms with E-state index in [1.807, 2.05) is 0 Å². The van der Waals surface area contributed by atoms with Crippen LogP contribution in [-0.4, -0.2) is 69.1 Å². The average molecular weight is 451 g/mol. The quantitative estimate of drug-likeness (QED) is 0.160. The molecule has 2 aromatic heterocycles. The van der Waals surface area contributed by atoms with E-state index in [9.17, 15) is 19.0 Å². The monoisotopic (exact) mass is 451 g/mol. The third-order valence-electron chi connectivity index (χ3n) is 3.70. The molecule has 29 heavy (non-hydrogen) atoms. The van der Waals surface area contributed by atoms with Gasteiger partial charge in [0.2, 0.25) is 5.95 Å². The van der Waals surface area contributed by atoms with Crippen molar-refractivity contribution in [1.82, 2.24) is 19.5 Å². The van der Waals surface area contributed by atoms with E-state index < -0.39 is 52.4 Å². The second-order valence-electron chi connectivity index (χ2n) is 5.68. The first-order valence-electron chi connectivity index (χ1n) is 7.35. The van der Waals surface area contributed by atoms with Gasteiger partial charge < -0.3 is 36.6 Å². The van der Waals surface area contributed by atoms with E-state index in [0.717, 1.165) is 10.9 Å². The van der Waals surface area contributed by atoms with Crippen molar-refractivity contribution in [2.75, 3.05) is 12.3 Å². The largest absolute Gasteiger partial charge is 1.00 e. The number of nitrogens with one attached hydrogen (secondary N) is 1. The summed E-state index contributed by atoms with van der Waals surface area (Å²) in [6.45, 7) is -0.870. The summed E-state index contributed by atoms with van der Waals surface area (Å²) in [6.07, 6.45) is -5.40. The van der Waals surface area contributed by atoms with Crippen LogP contribution < -0.4 is 30.2 Å². The van der Waals surface area contributed by atoms with Gasteiger partial charge in [0.05, 0.1) is 12.9 Å². The number of rotatable bonds is 6. The van der Waals surface area contributed by atoms with Crippen LogP contribution in [0.3, 0.4) is 0 Å². The molecule has 8 N–H and O–H groups in total. The number of nitrogens with two attached hydrogens (primary N) is 1. The predicted octanol–water partition coefficient (Wildman–Crippen LogP) is -5.34. The molecule has 1 saturated heterocycles. The SMILES string of the molecule is Nc1nc2c(ncn2[C@@H]2O[C@H](COP(=O)(O)O)[C@@H](OP(=O)(O)O)[C@H]2O)c(=O)[nH]1.[H-].[Li+]. The van der Waals surface area contributed by atoms with Crippen LogP contribution in [0.4, 0.5) is 5.95 Å². The summed E-state index contributed by atoms with van der Waals surface area (Å²) >= 11 is 0. The smallest absolute Gasteiger partial charge is 1.00 e. The van der Waals surface area contributed by atoms with Crippen LogP contribution in [0, 0.1) is 0 Å². The number of aliphatic hydroxyl groups excluding tert-OH is 1. The molecule has 16 nitrogen and oxygen atoms in total. The van der Waals surface area contributed by atoms with Gasteiger partial charge in [0, 0.05) is 0 Å². The summed E-state index contributed by atoms with van der Waals surface area (Å²) < 4.78 is 37.3. The van der Waals surface area contributed by atoms with Crippen molar-refractivity contribution < 1.29 is 67.9 Å². The number of hydrogen-bond donors (Lipinski definition) is 7. The number of anilines is 1. The summed E-state index contributed by atoms with van der Waals surface area (Å²) in [5.41, 5.74) is 4.52. The van der Waals surface area contributed by atoms with E-state index in [0.29, 0.717) is 0 Å². The van der Waals surface area contributed by atoms with Gasteiger partial charge in [0.1, 0.15) is 18.3 Å². The molecule has 0 spiro atoms. The third kappa shape index (κ3) is 5.53. The molecular weight excluding hydrogens is 435 g/mol. The van der Waals surface area contributed by atoms with Crippen molar-refractivity contribution in [3.05, 3.63) is 16.7 Å². The Labute approximate surface area is 174 Å². The molecule has 0 amide bonds. The summed E-state index contributed by atoms with van der Waals surface area (Å²) in [6, 6.07) is 0. The number of hydrogen-bond acceptors (Lipinski definition) is 10. The van der Waals surface area contributed by atoms with E-state index >= 15 is 0 Å². The molecule has 1 fully saturated rings. The fourth-order valence-corrected chi connectivity index (χ4v) is 3.59. The molecule has 0 radical (unpaired) electrons. The van der Waals surface area contributed by atoms with Crippen LogP contribution >= 0.6 is 15.6 Å². The Morgan fingerprint density at radius 2 is 1.97 bits per heavy atom. The Kier molecular flexibility index (Phi) is 7.13. The second kappa shape index (κ2) is 8.56. The molecule has 3 heterocycles. The van der Waals surface area contributed by atoms with Crippen LogP contribution in [0.15, 0.2) is 11.1 Å². The topological polar surface area (TPSA) is 253 Å². The Hall–Kier alpha value is -1.11. The number of phosphoric acid groups is 2. The number of fused-ring (bicyclic) bond motifs is 1. The fraction of sp³-hybridized carbons (Fsp3) is 0.500. The van der Waals surface area contributed by atoms with E-state index in [4.69, 9.17) is 30.0 Å². The number of ether oxygens (including phenoxy) is 1.